The van der Waals surface area contributed by atoms with E-state index in [1.807, 2.05) is 0 Å². The van der Waals surface area contributed by atoms with Crippen molar-refractivity contribution in [3.63, 3.8) is 0 Å². The van der Waals surface area contributed by atoms with Crippen LogP contribution >= 0.6 is 0 Å². The van der Waals surface area contributed by atoms with E-state index in [1.165, 1.54) is 42.8 Å². The van der Waals surface area contributed by atoms with Gasteiger partial charge in [-0.3, -0.25) is 0 Å². The molecule has 3 heteroatoms. The molecule has 1 nitrogen and oxygen atoms in total. The van der Waals surface area contributed by atoms with E-state index >= 15 is 0 Å². The van der Waals surface area contributed by atoms with Crippen molar-refractivity contribution in [2.24, 2.45) is 41.4 Å². The Morgan fingerprint density at radius 2 is 0.548 bits per heavy atom. The summed E-state index contributed by atoms with van der Waals surface area (Å²) in [5.74, 6) is 5.61. The first-order valence-corrected chi connectivity index (χ1v) is 19.0. The van der Waals surface area contributed by atoms with Crippen molar-refractivity contribution in [2.75, 3.05) is 6.54 Å². The Kier molecular flexibility index (Phi) is 14.1. The van der Waals surface area contributed by atoms with Gasteiger partial charge in [0.15, 0.2) is 0 Å². The summed E-state index contributed by atoms with van der Waals surface area (Å²) in [7, 11) is -3.24. The summed E-state index contributed by atoms with van der Waals surface area (Å²) in [6.07, 6.45) is 0. The molecule has 0 aromatic rings. The lowest BCUT2D eigenvalue weighted by atomic mass is 10.2. The van der Waals surface area contributed by atoms with Crippen LogP contribution < -0.4 is 0 Å². The molecule has 0 atom stereocenters. The topological polar surface area (TPSA) is 3.24 Å². The Bertz CT molecular complexity index is 375. The predicted molar refractivity (Wildman–Crippen MR) is 151 cm³/mol. The molecule has 0 fully saturated rings. The van der Waals surface area contributed by atoms with E-state index in [9.17, 15) is 0 Å². The van der Waals surface area contributed by atoms with Crippen molar-refractivity contribution in [2.45, 2.75) is 133 Å². The molecule has 0 spiro atoms. The monoisotopic (exact) mass is 469 g/mol. The van der Waals surface area contributed by atoms with E-state index in [0.717, 1.165) is 41.4 Å². The van der Waals surface area contributed by atoms with E-state index in [1.54, 1.807) is 0 Å². The summed E-state index contributed by atoms with van der Waals surface area (Å²) in [6, 6.07) is 8.99. The fraction of sp³-hybridized carbons (Fsp3) is 1.00. The molecule has 0 saturated heterocycles. The maximum absolute atomic E-state index is 3.44. The molecule has 0 aliphatic heterocycles. The molecule has 31 heavy (non-hydrogen) atoms. The highest BCUT2D eigenvalue weighted by molar-refractivity contribution is 6.93. The van der Waals surface area contributed by atoms with Gasteiger partial charge in [0.1, 0.15) is 16.5 Å². The Hall–Kier alpha value is 0.394. The van der Waals surface area contributed by atoms with E-state index in [0.29, 0.717) is 0 Å². The summed E-state index contributed by atoms with van der Waals surface area (Å²) in [5.41, 5.74) is 0. The van der Waals surface area contributed by atoms with E-state index in [4.69, 9.17) is 0 Å². The van der Waals surface area contributed by atoms with Gasteiger partial charge >= 0.3 is 0 Å². The second kappa shape index (κ2) is 13.9. The van der Waals surface area contributed by atoms with Crippen LogP contribution in [0.1, 0.15) is 96.9 Å². The third-order valence-corrected chi connectivity index (χ3v) is 21.4. The molecular formula is C28H63NSi2. The minimum atomic E-state index is -1.62. The lowest BCUT2D eigenvalue weighted by molar-refractivity contribution is 0.435. The molecule has 0 bridgehead atoms. The van der Waals surface area contributed by atoms with E-state index in [-0.39, 0.29) is 0 Å². The molecule has 188 valence electrons. The van der Waals surface area contributed by atoms with Crippen LogP contribution in [-0.4, -0.2) is 27.2 Å². The fourth-order valence-electron chi connectivity index (χ4n) is 6.98. The lowest BCUT2D eigenvalue weighted by Gasteiger charge is -2.57. The summed E-state index contributed by atoms with van der Waals surface area (Å²) in [5, 5.41) is 0. The van der Waals surface area contributed by atoms with Gasteiger partial charge in [-0.05, 0) is 84.2 Å². The summed E-state index contributed by atoms with van der Waals surface area (Å²) >= 11 is 0. The maximum atomic E-state index is 3.44. The Morgan fingerprint density at radius 3 is 0.677 bits per heavy atom. The van der Waals surface area contributed by atoms with Gasteiger partial charge < -0.3 is 4.23 Å². The van der Waals surface area contributed by atoms with Gasteiger partial charge in [0.05, 0.1) is 0 Å². The van der Waals surface area contributed by atoms with Gasteiger partial charge in [-0.15, -0.1) is 0 Å². The molecule has 0 heterocycles. The van der Waals surface area contributed by atoms with E-state index in [2.05, 4.69) is 101 Å². The van der Waals surface area contributed by atoms with Crippen LogP contribution in [0.2, 0.25) is 36.3 Å². The third kappa shape index (κ3) is 11.4. The van der Waals surface area contributed by atoms with Gasteiger partial charge in [-0.2, -0.15) is 0 Å². The summed E-state index contributed by atoms with van der Waals surface area (Å²) in [6.45, 7) is 36.4. The molecular weight excluding hydrogens is 406 g/mol. The molecule has 0 aliphatic rings. The van der Waals surface area contributed by atoms with Gasteiger partial charge in [-0.1, -0.05) is 96.9 Å². The SMILES string of the molecule is CC(C)CN([Si](CC(C)C)(CC(C)C)CC(C)C)[Si](CC(C)C)(CC(C)C)CC(C)C. The minimum Gasteiger partial charge on any atom is -0.345 e. The Morgan fingerprint density at radius 1 is 0.355 bits per heavy atom. The molecule has 0 rings (SSSR count). The van der Waals surface area contributed by atoms with Crippen LogP contribution in [0.3, 0.4) is 0 Å². The number of nitrogens with zero attached hydrogens (tertiary/aromatic N) is 1. The van der Waals surface area contributed by atoms with E-state index < -0.39 is 16.5 Å². The molecule has 0 N–H and O–H groups in total. The normalized spacial score (nSPS) is 14.1. The minimum absolute atomic E-state index is 0.761. The number of hydrogen-bond acceptors (Lipinski definition) is 1. The molecule has 0 aromatic carbocycles. The summed E-state index contributed by atoms with van der Waals surface area (Å²) in [4.78, 5) is 0. The van der Waals surface area contributed by atoms with Crippen molar-refractivity contribution in [3.8, 4) is 0 Å². The highest BCUT2D eigenvalue weighted by atomic mass is 28.4. The van der Waals surface area contributed by atoms with Crippen LogP contribution in [0, 0.1) is 41.4 Å². The first-order valence-electron chi connectivity index (χ1n) is 13.8. The number of rotatable bonds is 16. The number of hydrogen-bond donors (Lipinski definition) is 0. The Balaban J connectivity index is 7.02. The average molecular weight is 470 g/mol. The highest BCUT2D eigenvalue weighted by Gasteiger charge is 2.51. The molecule has 0 unspecified atom stereocenters. The third-order valence-electron chi connectivity index (χ3n) is 6.42. The second-order valence-corrected chi connectivity index (χ2v) is 22.9. The van der Waals surface area contributed by atoms with Crippen molar-refractivity contribution >= 4 is 16.5 Å². The predicted octanol–water partition coefficient (Wildman–Crippen LogP) is 9.77. The highest BCUT2D eigenvalue weighted by Crippen LogP contribution is 2.45. The first kappa shape index (κ1) is 31.4. The van der Waals surface area contributed by atoms with Crippen molar-refractivity contribution < 1.29 is 0 Å². The standard InChI is InChI=1S/C28H63NSi2/c1-22(2)15-29(30(16-23(3)4,17-24(5)6)18-25(7)8)31(19-26(9)10,20-27(11)12)21-28(13)14/h22-28H,15-21H2,1-14H3. The summed E-state index contributed by atoms with van der Waals surface area (Å²) < 4.78 is 3.44. The van der Waals surface area contributed by atoms with Gasteiger partial charge in [0.2, 0.25) is 0 Å². The van der Waals surface area contributed by atoms with Gasteiger partial charge in [0.25, 0.3) is 0 Å². The van der Waals surface area contributed by atoms with Crippen LogP contribution in [0.5, 0.6) is 0 Å². The quantitative estimate of drug-likeness (QED) is 0.203. The first-order chi connectivity index (χ1) is 14.0. The maximum Gasteiger partial charge on any atom is 0.122 e. The molecule has 0 radical (unpaired) electrons. The van der Waals surface area contributed by atoms with Crippen molar-refractivity contribution in [3.05, 3.63) is 0 Å². The van der Waals surface area contributed by atoms with Gasteiger partial charge in [0, 0.05) is 0 Å². The lowest BCUT2D eigenvalue weighted by Crippen LogP contribution is -2.69. The Labute approximate surface area is 201 Å². The van der Waals surface area contributed by atoms with Crippen LogP contribution in [0.15, 0.2) is 0 Å². The molecule has 0 saturated carbocycles. The zero-order valence-electron chi connectivity index (χ0n) is 24.4. The zero-order chi connectivity index (χ0) is 24.6. The largest absolute Gasteiger partial charge is 0.345 e. The molecule has 0 amide bonds. The zero-order valence-corrected chi connectivity index (χ0v) is 26.4. The smallest absolute Gasteiger partial charge is 0.122 e. The van der Waals surface area contributed by atoms with Crippen LogP contribution in [-0.2, 0) is 0 Å². The van der Waals surface area contributed by atoms with Crippen LogP contribution in [0.4, 0.5) is 0 Å². The average Bonchev–Trinajstić information content (AvgIpc) is 2.47. The van der Waals surface area contributed by atoms with Gasteiger partial charge in [-0.25, -0.2) is 0 Å². The van der Waals surface area contributed by atoms with Crippen molar-refractivity contribution in [1.82, 2.24) is 4.23 Å². The van der Waals surface area contributed by atoms with Crippen molar-refractivity contribution in [1.29, 1.82) is 0 Å². The molecule has 0 aliphatic carbocycles. The molecule has 0 aromatic heterocycles. The second-order valence-electron chi connectivity index (χ2n) is 14.0. The fourth-order valence-corrected chi connectivity index (χ4v) is 25.6. The van der Waals surface area contributed by atoms with Crippen LogP contribution in [0.25, 0.3) is 0 Å².